The number of hydrogen-bond donors (Lipinski definition) is 1. The lowest BCUT2D eigenvalue weighted by Crippen LogP contribution is -2.11. The molecule has 0 radical (unpaired) electrons. The molecular weight excluding hydrogens is 296 g/mol. The lowest BCUT2D eigenvalue weighted by atomic mass is 10.3. The summed E-state index contributed by atoms with van der Waals surface area (Å²) in [6.45, 7) is 5.66. The summed E-state index contributed by atoms with van der Waals surface area (Å²) in [6, 6.07) is 2.14. The van der Waals surface area contributed by atoms with Crippen molar-refractivity contribution < 1.29 is 0 Å². The molecule has 7 heteroatoms. The van der Waals surface area contributed by atoms with E-state index in [0.29, 0.717) is 0 Å². The van der Waals surface area contributed by atoms with Crippen LogP contribution in [0.4, 0.5) is 0 Å². The molecule has 0 spiro atoms. The Hall–Kier alpha value is -1.99. The topological polar surface area (TPSA) is 60.6 Å². The third-order valence-corrected chi connectivity index (χ3v) is 4.76. The zero-order chi connectivity index (χ0) is 14.9. The highest BCUT2D eigenvalue weighted by molar-refractivity contribution is 7.09. The minimum atomic E-state index is 0.744. The molecule has 1 aliphatic rings. The summed E-state index contributed by atoms with van der Waals surface area (Å²) in [6.07, 6.45) is 4.94. The van der Waals surface area contributed by atoms with Crippen LogP contribution in [0.3, 0.4) is 0 Å². The number of aryl methyl sites for hydroxylation is 2. The number of rotatable bonds is 3. The number of nitrogens with one attached hydrogen (secondary N) is 1. The van der Waals surface area contributed by atoms with Crippen LogP contribution in [0.15, 0.2) is 23.8 Å². The second kappa shape index (κ2) is 5.66. The molecule has 0 aromatic carbocycles. The summed E-state index contributed by atoms with van der Waals surface area (Å²) in [5.41, 5.74) is 3.24. The van der Waals surface area contributed by atoms with Crippen molar-refractivity contribution in [2.75, 3.05) is 6.54 Å². The molecule has 3 aromatic rings. The van der Waals surface area contributed by atoms with E-state index in [1.165, 1.54) is 5.69 Å². The lowest BCUT2D eigenvalue weighted by Gasteiger charge is -2.03. The predicted octanol–water partition coefficient (Wildman–Crippen LogP) is 2.05. The summed E-state index contributed by atoms with van der Waals surface area (Å²) >= 11 is 1.69. The molecule has 1 N–H and O–H groups in total. The molecule has 0 fully saturated rings. The van der Waals surface area contributed by atoms with Crippen molar-refractivity contribution in [2.24, 2.45) is 0 Å². The average molecular weight is 314 g/mol. The van der Waals surface area contributed by atoms with Gasteiger partial charge >= 0.3 is 0 Å². The van der Waals surface area contributed by atoms with Gasteiger partial charge in [-0.3, -0.25) is 4.68 Å². The van der Waals surface area contributed by atoms with Crippen molar-refractivity contribution >= 4 is 11.3 Å². The zero-order valence-electron chi connectivity index (χ0n) is 12.5. The molecule has 1 aliphatic heterocycles. The second-order valence-corrected chi connectivity index (χ2v) is 6.48. The van der Waals surface area contributed by atoms with Crippen LogP contribution >= 0.6 is 11.3 Å². The fourth-order valence-corrected chi connectivity index (χ4v) is 3.53. The third-order valence-electron chi connectivity index (χ3n) is 3.81. The zero-order valence-corrected chi connectivity index (χ0v) is 13.3. The molecule has 0 aliphatic carbocycles. The average Bonchev–Trinajstić information content (AvgIpc) is 3.18. The highest BCUT2D eigenvalue weighted by atomic mass is 32.1. The van der Waals surface area contributed by atoms with Crippen LogP contribution < -0.4 is 5.32 Å². The highest BCUT2D eigenvalue weighted by Gasteiger charge is 2.15. The first kappa shape index (κ1) is 13.7. The maximum atomic E-state index is 4.74. The minimum Gasteiger partial charge on any atom is -0.323 e. The largest absolute Gasteiger partial charge is 0.323 e. The van der Waals surface area contributed by atoms with Gasteiger partial charge in [-0.2, -0.15) is 5.10 Å². The smallest absolute Gasteiger partial charge is 0.160 e. The SMILES string of the molecule is Cc1csc(Cn2ccnc2-c2cc3n(n2)CCCNC3)n1. The van der Waals surface area contributed by atoms with Crippen LogP contribution in [0.25, 0.3) is 11.5 Å². The van der Waals surface area contributed by atoms with Gasteiger partial charge in [0, 0.05) is 36.6 Å². The van der Waals surface area contributed by atoms with E-state index >= 15 is 0 Å². The number of aromatic nitrogens is 5. The van der Waals surface area contributed by atoms with Gasteiger partial charge in [-0.1, -0.05) is 0 Å². The Morgan fingerprint density at radius 2 is 2.36 bits per heavy atom. The molecule has 0 bridgehead atoms. The summed E-state index contributed by atoms with van der Waals surface area (Å²) in [5.74, 6) is 0.911. The first-order valence-electron chi connectivity index (χ1n) is 7.49. The van der Waals surface area contributed by atoms with Crippen LogP contribution in [-0.4, -0.2) is 30.9 Å². The molecular formula is C15H18N6S. The van der Waals surface area contributed by atoms with Crippen molar-refractivity contribution in [3.63, 3.8) is 0 Å². The first-order chi connectivity index (χ1) is 10.8. The maximum absolute atomic E-state index is 4.74. The van der Waals surface area contributed by atoms with Gasteiger partial charge in [0.15, 0.2) is 5.82 Å². The molecule has 3 aromatic heterocycles. The van der Waals surface area contributed by atoms with Gasteiger partial charge in [-0.05, 0) is 26.0 Å². The van der Waals surface area contributed by atoms with Gasteiger partial charge in [-0.15, -0.1) is 11.3 Å². The summed E-state index contributed by atoms with van der Waals surface area (Å²) in [5, 5.41) is 11.3. The molecule has 4 heterocycles. The third kappa shape index (κ3) is 2.57. The predicted molar refractivity (Wildman–Crippen MR) is 85.7 cm³/mol. The first-order valence-corrected chi connectivity index (χ1v) is 8.37. The molecule has 0 amide bonds. The van der Waals surface area contributed by atoms with Gasteiger partial charge in [-0.25, -0.2) is 9.97 Å². The van der Waals surface area contributed by atoms with Crippen LogP contribution in [0, 0.1) is 6.92 Å². The van der Waals surface area contributed by atoms with Crippen molar-refractivity contribution in [1.82, 2.24) is 29.6 Å². The van der Waals surface area contributed by atoms with E-state index in [2.05, 4.69) is 36.0 Å². The van der Waals surface area contributed by atoms with Crippen molar-refractivity contribution in [3.8, 4) is 11.5 Å². The standard InChI is InChI=1S/C15H18N6S/c1-11-10-22-14(18-11)9-20-6-4-17-15(20)13-7-12-8-16-3-2-5-21(12)19-13/h4,6-7,10,16H,2-3,5,8-9H2,1H3. The molecule has 0 saturated heterocycles. The van der Waals surface area contributed by atoms with Gasteiger partial charge < -0.3 is 9.88 Å². The van der Waals surface area contributed by atoms with E-state index in [1.807, 2.05) is 19.3 Å². The molecule has 0 unspecified atom stereocenters. The van der Waals surface area contributed by atoms with Crippen molar-refractivity contribution in [1.29, 1.82) is 0 Å². The molecule has 0 saturated carbocycles. The lowest BCUT2D eigenvalue weighted by molar-refractivity contribution is 0.588. The van der Waals surface area contributed by atoms with Crippen LogP contribution in [0.5, 0.6) is 0 Å². The van der Waals surface area contributed by atoms with Crippen molar-refractivity contribution in [3.05, 3.63) is 40.2 Å². The Labute approximate surface area is 132 Å². The molecule has 114 valence electrons. The number of thiazole rings is 1. The van der Waals surface area contributed by atoms with E-state index in [-0.39, 0.29) is 0 Å². The second-order valence-electron chi connectivity index (χ2n) is 5.54. The summed E-state index contributed by atoms with van der Waals surface area (Å²) in [7, 11) is 0. The van der Waals surface area contributed by atoms with Crippen LogP contribution in [0.2, 0.25) is 0 Å². The monoisotopic (exact) mass is 314 g/mol. The van der Waals surface area contributed by atoms with Gasteiger partial charge in [0.25, 0.3) is 0 Å². The Balaban J connectivity index is 1.64. The van der Waals surface area contributed by atoms with E-state index in [1.54, 1.807) is 11.3 Å². The molecule has 4 rings (SSSR count). The number of fused-ring (bicyclic) bond motifs is 1. The summed E-state index contributed by atoms with van der Waals surface area (Å²) < 4.78 is 4.22. The minimum absolute atomic E-state index is 0.744. The number of imidazole rings is 1. The highest BCUT2D eigenvalue weighted by Crippen LogP contribution is 2.21. The number of hydrogen-bond acceptors (Lipinski definition) is 5. The summed E-state index contributed by atoms with van der Waals surface area (Å²) in [4.78, 5) is 9.03. The molecule has 22 heavy (non-hydrogen) atoms. The van der Waals surface area contributed by atoms with E-state index < -0.39 is 0 Å². The maximum Gasteiger partial charge on any atom is 0.160 e. The van der Waals surface area contributed by atoms with Crippen molar-refractivity contribution in [2.45, 2.75) is 33.0 Å². The Morgan fingerprint density at radius 1 is 1.41 bits per heavy atom. The van der Waals surface area contributed by atoms with Crippen LogP contribution in [0.1, 0.15) is 22.8 Å². The molecule has 6 nitrogen and oxygen atoms in total. The van der Waals surface area contributed by atoms with Gasteiger partial charge in [0.1, 0.15) is 10.7 Å². The van der Waals surface area contributed by atoms with Gasteiger partial charge in [0.05, 0.1) is 12.2 Å². The Bertz CT molecular complexity index is 760. The van der Waals surface area contributed by atoms with Gasteiger partial charge in [0.2, 0.25) is 0 Å². The Kier molecular flexibility index (Phi) is 3.51. The normalized spacial score (nSPS) is 14.8. The van der Waals surface area contributed by atoms with E-state index in [9.17, 15) is 0 Å². The van der Waals surface area contributed by atoms with E-state index in [4.69, 9.17) is 5.10 Å². The van der Waals surface area contributed by atoms with Crippen LogP contribution in [-0.2, 0) is 19.6 Å². The Morgan fingerprint density at radius 3 is 3.23 bits per heavy atom. The quantitative estimate of drug-likeness (QED) is 0.804. The molecule has 0 atom stereocenters. The van der Waals surface area contributed by atoms with E-state index in [0.717, 1.165) is 54.8 Å². The fourth-order valence-electron chi connectivity index (χ4n) is 2.76. The fraction of sp³-hybridized carbons (Fsp3) is 0.400. The number of nitrogens with zero attached hydrogens (tertiary/aromatic N) is 5.